The smallest absolute Gasteiger partial charge is 0.140 e. The molecule has 0 atom stereocenters. The molecule has 0 aliphatic rings. The van der Waals surface area contributed by atoms with E-state index in [9.17, 15) is 0 Å². The molecule has 5 heteroatoms. The number of rotatable bonds is 3. The zero-order chi connectivity index (χ0) is 14.1. The van der Waals surface area contributed by atoms with E-state index in [2.05, 4.69) is 33.9 Å². The van der Waals surface area contributed by atoms with Gasteiger partial charge in [-0.3, -0.25) is 0 Å². The Hall–Kier alpha value is -1.98. The summed E-state index contributed by atoms with van der Waals surface area (Å²) in [6.07, 6.45) is 0. The summed E-state index contributed by atoms with van der Waals surface area (Å²) < 4.78 is 1.27. The Morgan fingerprint density at radius 2 is 2.10 bits per heavy atom. The fourth-order valence-corrected chi connectivity index (χ4v) is 2.97. The SMILES string of the molecule is Cc1ccc(C(N)=S)c(Nc2ccc3sccc3c2)n1. The molecule has 0 aliphatic heterocycles. The summed E-state index contributed by atoms with van der Waals surface area (Å²) >= 11 is 6.80. The molecular weight excluding hydrogens is 286 g/mol. The first-order chi connectivity index (χ1) is 9.63. The molecule has 0 spiro atoms. The zero-order valence-electron chi connectivity index (χ0n) is 10.9. The highest BCUT2D eigenvalue weighted by atomic mass is 32.1. The quantitative estimate of drug-likeness (QED) is 0.718. The second-order valence-electron chi connectivity index (χ2n) is 4.51. The van der Waals surface area contributed by atoms with Crippen LogP contribution in [0.4, 0.5) is 11.5 Å². The Morgan fingerprint density at radius 3 is 2.90 bits per heavy atom. The van der Waals surface area contributed by atoms with Gasteiger partial charge in [-0.15, -0.1) is 11.3 Å². The lowest BCUT2D eigenvalue weighted by Crippen LogP contribution is -2.13. The molecule has 2 aromatic heterocycles. The minimum atomic E-state index is 0.344. The molecule has 0 saturated heterocycles. The lowest BCUT2D eigenvalue weighted by molar-refractivity contribution is 1.19. The van der Waals surface area contributed by atoms with Gasteiger partial charge < -0.3 is 11.1 Å². The summed E-state index contributed by atoms with van der Waals surface area (Å²) in [5.74, 6) is 0.701. The number of anilines is 2. The van der Waals surface area contributed by atoms with Crippen LogP contribution in [0.3, 0.4) is 0 Å². The first kappa shape index (κ1) is 13.0. The number of pyridine rings is 1. The molecule has 0 unspecified atom stereocenters. The fourth-order valence-electron chi connectivity index (χ4n) is 2.03. The van der Waals surface area contributed by atoms with Crippen molar-refractivity contribution in [1.29, 1.82) is 0 Å². The molecular formula is C15H13N3S2. The monoisotopic (exact) mass is 299 g/mol. The van der Waals surface area contributed by atoms with Gasteiger partial charge >= 0.3 is 0 Å². The van der Waals surface area contributed by atoms with Crippen molar-refractivity contribution in [2.45, 2.75) is 6.92 Å². The summed E-state index contributed by atoms with van der Waals surface area (Å²) in [5, 5.41) is 6.60. The molecule has 2 heterocycles. The molecule has 0 bridgehead atoms. The van der Waals surface area contributed by atoms with Crippen molar-refractivity contribution >= 4 is 50.1 Å². The van der Waals surface area contributed by atoms with Crippen LogP contribution in [0.1, 0.15) is 11.3 Å². The maximum absolute atomic E-state index is 5.75. The van der Waals surface area contributed by atoms with Crippen LogP contribution < -0.4 is 11.1 Å². The van der Waals surface area contributed by atoms with E-state index >= 15 is 0 Å². The second-order valence-corrected chi connectivity index (χ2v) is 5.90. The normalized spacial score (nSPS) is 10.7. The number of aromatic nitrogens is 1. The van der Waals surface area contributed by atoms with Crippen molar-refractivity contribution in [2.75, 3.05) is 5.32 Å². The number of thiocarbonyl (C=S) groups is 1. The van der Waals surface area contributed by atoms with Crippen LogP contribution in [0.5, 0.6) is 0 Å². The number of nitrogens with two attached hydrogens (primary N) is 1. The zero-order valence-corrected chi connectivity index (χ0v) is 12.5. The third kappa shape index (κ3) is 2.50. The van der Waals surface area contributed by atoms with Gasteiger partial charge in [-0.2, -0.15) is 0 Å². The van der Waals surface area contributed by atoms with Crippen molar-refractivity contribution in [3.63, 3.8) is 0 Å². The van der Waals surface area contributed by atoms with Gasteiger partial charge in [0.2, 0.25) is 0 Å². The number of fused-ring (bicyclic) bond motifs is 1. The number of nitrogens with one attached hydrogen (secondary N) is 1. The standard InChI is InChI=1S/C15H13N3S2/c1-9-2-4-12(14(16)19)15(17-9)18-11-3-5-13-10(8-11)6-7-20-13/h2-8H,1H3,(H2,16,19)(H,17,18). The minimum absolute atomic E-state index is 0.344. The first-order valence-electron chi connectivity index (χ1n) is 6.15. The average Bonchev–Trinajstić information content (AvgIpc) is 2.85. The van der Waals surface area contributed by atoms with Crippen molar-refractivity contribution in [3.05, 3.63) is 53.0 Å². The molecule has 0 aliphatic carbocycles. The van der Waals surface area contributed by atoms with Gasteiger partial charge in [0.15, 0.2) is 0 Å². The van der Waals surface area contributed by atoms with Gasteiger partial charge in [0.1, 0.15) is 10.8 Å². The van der Waals surface area contributed by atoms with Crippen LogP contribution in [-0.2, 0) is 0 Å². The molecule has 0 amide bonds. The third-order valence-corrected chi connectivity index (χ3v) is 4.13. The van der Waals surface area contributed by atoms with E-state index < -0.39 is 0 Å². The average molecular weight is 299 g/mol. The van der Waals surface area contributed by atoms with Crippen LogP contribution >= 0.6 is 23.6 Å². The van der Waals surface area contributed by atoms with E-state index in [4.69, 9.17) is 18.0 Å². The molecule has 1 aromatic carbocycles. The Bertz CT molecular complexity index is 793. The van der Waals surface area contributed by atoms with E-state index in [1.165, 1.54) is 10.1 Å². The number of hydrogen-bond acceptors (Lipinski definition) is 4. The van der Waals surface area contributed by atoms with E-state index in [-0.39, 0.29) is 0 Å². The molecule has 3 rings (SSSR count). The van der Waals surface area contributed by atoms with E-state index in [0.717, 1.165) is 16.9 Å². The predicted octanol–water partition coefficient (Wildman–Crippen LogP) is 3.98. The summed E-state index contributed by atoms with van der Waals surface area (Å²) in [4.78, 5) is 4.83. The molecule has 3 N–H and O–H groups in total. The Balaban J connectivity index is 2.01. The van der Waals surface area contributed by atoms with E-state index in [1.54, 1.807) is 11.3 Å². The molecule has 100 valence electrons. The first-order valence-corrected chi connectivity index (χ1v) is 7.44. The fraction of sp³-hybridized carbons (Fsp3) is 0.0667. The lowest BCUT2D eigenvalue weighted by Gasteiger charge is -2.11. The lowest BCUT2D eigenvalue weighted by atomic mass is 10.2. The third-order valence-electron chi connectivity index (χ3n) is 3.02. The van der Waals surface area contributed by atoms with Crippen LogP contribution in [0.25, 0.3) is 10.1 Å². The second kappa shape index (κ2) is 5.19. The predicted molar refractivity (Wildman–Crippen MR) is 90.0 cm³/mol. The van der Waals surface area contributed by atoms with Gasteiger partial charge in [0.05, 0.1) is 5.56 Å². The number of benzene rings is 1. The van der Waals surface area contributed by atoms with Gasteiger partial charge in [0, 0.05) is 16.1 Å². The van der Waals surface area contributed by atoms with Gasteiger partial charge in [-0.25, -0.2) is 4.98 Å². The van der Waals surface area contributed by atoms with Crippen molar-refractivity contribution in [1.82, 2.24) is 4.98 Å². The minimum Gasteiger partial charge on any atom is -0.389 e. The molecule has 0 saturated carbocycles. The molecule has 20 heavy (non-hydrogen) atoms. The highest BCUT2D eigenvalue weighted by molar-refractivity contribution is 7.80. The number of hydrogen-bond donors (Lipinski definition) is 2. The molecule has 3 nitrogen and oxygen atoms in total. The van der Waals surface area contributed by atoms with Crippen LogP contribution in [0.2, 0.25) is 0 Å². The maximum Gasteiger partial charge on any atom is 0.140 e. The van der Waals surface area contributed by atoms with E-state index in [0.29, 0.717) is 10.8 Å². The van der Waals surface area contributed by atoms with Gasteiger partial charge in [0.25, 0.3) is 0 Å². The summed E-state index contributed by atoms with van der Waals surface area (Å²) in [6.45, 7) is 1.94. The largest absolute Gasteiger partial charge is 0.389 e. The summed E-state index contributed by atoms with van der Waals surface area (Å²) in [7, 11) is 0. The Kier molecular flexibility index (Phi) is 3.38. The van der Waals surface area contributed by atoms with Crippen LogP contribution in [0.15, 0.2) is 41.8 Å². The molecule has 3 aromatic rings. The molecule has 0 radical (unpaired) electrons. The Labute approximate surface area is 126 Å². The van der Waals surface area contributed by atoms with Gasteiger partial charge in [-0.05, 0) is 54.1 Å². The van der Waals surface area contributed by atoms with Crippen molar-refractivity contribution in [3.8, 4) is 0 Å². The highest BCUT2D eigenvalue weighted by Gasteiger charge is 2.08. The topological polar surface area (TPSA) is 50.9 Å². The summed E-state index contributed by atoms with van der Waals surface area (Å²) in [6, 6.07) is 12.1. The number of aryl methyl sites for hydroxylation is 1. The van der Waals surface area contributed by atoms with Crippen LogP contribution in [-0.4, -0.2) is 9.97 Å². The van der Waals surface area contributed by atoms with Crippen LogP contribution in [0, 0.1) is 6.92 Å². The highest BCUT2D eigenvalue weighted by Crippen LogP contribution is 2.26. The van der Waals surface area contributed by atoms with Crippen molar-refractivity contribution < 1.29 is 0 Å². The summed E-state index contributed by atoms with van der Waals surface area (Å²) in [5.41, 5.74) is 8.40. The van der Waals surface area contributed by atoms with Gasteiger partial charge in [-0.1, -0.05) is 12.2 Å². The van der Waals surface area contributed by atoms with Crippen molar-refractivity contribution in [2.24, 2.45) is 5.73 Å². The molecule has 0 fully saturated rings. The number of nitrogens with zero attached hydrogens (tertiary/aromatic N) is 1. The number of thiophene rings is 1. The maximum atomic E-state index is 5.75. The van der Waals surface area contributed by atoms with E-state index in [1.807, 2.05) is 25.1 Å². The Morgan fingerprint density at radius 1 is 1.25 bits per heavy atom.